The van der Waals surface area contributed by atoms with Crippen molar-refractivity contribution in [1.29, 1.82) is 0 Å². The first-order valence-corrected chi connectivity index (χ1v) is 4.18. The van der Waals surface area contributed by atoms with Crippen molar-refractivity contribution in [3.05, 3.63) is 42.7 Å². The summed E-state index contributed by atoms with van der Waals surface area (Å²) in [5.74, 6) is 0. The van der Waals surface area contributed by atoms with E-state index in [1.54, 1.807) is 6.33 Å². The van der Waals surface area contributed by atoms with Crippen molar-refractivity contribution < 1.29 is 4.40 Å². The van der Waals surface area contributed by atoms with Crippen LogP contribution in [0.15, 0.2) is 42.7 Å². The van der Waals surface area contributed by atoms with Crippen LogP contribution in [0.2, 0.25) is 0 Å². The fourth-order valence-corrected chi connectivity index (χ4v) is 1.59. The van der Waals surface area contributed by atoms with E-state index in [1.165, 1.54) is 10.9 Å². The quantitative estimate of drug-likeness (QED) is 0.507. The van der Waals surface area contributed by atoms with E-state index >= 15 is 0 Å². The Morgan fingerprint density at radius 2 is 2.00 bits per heavy atom. The molecule has 0 saturated heterocycles. The summed E-state index contributed by atoms with van der Waals surface area (Å²) >= 11 is 0. The van der Waals surface area contributed by atoms with Crippen LogP contribution >= 0.6 is 0 Å². The molecule has 0 aliphatic heterocycles. The van der Waals surface area contributed by atoms with Gasteiger partial charge in [0, 0.05) is 16.6 Å². The Labute approximate surface area is 74.6 Å². The predicted molar refractivity (Wildman–Crippen MR) is 49.3 cm³/mol. The van der Waals surface area contributed by atoms with Crippen molar-refractivity contribution in [2.45, 2.75) is 0 Å². The second kappa shape index (κ2) is 2.29. The minimum absolute atomic E-state index is 1.01. The molecule has 1 N–H and O–H groups in total. The Bertz CT molecular complexity index is 568. The van der Waals surface area contributed by atoms with Gasteiger partial charge in [0.05, 0.1) is 0 Å². The van der Waals surface area contributed by atoms with Gasteiger partial charge in [-0.2, -0.15) is 4.40 Å². The number of benzene rings is 1. The van der Waals surface area contributed by atoms with Crippen LogP contribution in [0.1, 0.15) is 0 Å². The Hall–Kier alpha value is -1.90. The maximum atomic E-state index is 3.99. The lowest BCUT2D eigenvalue weighted by molar-refractivity contribution is -0.481. The minimum atomic E-state index is 1.01. The van der Waals surface area contributed by atoms with E-state index < -0.39 is 0 Å². The van der Waals surface area contributed by atoms with Gasteiger partial charge in [-0.1, -0.05) is 18.2 Å². The highest BCUT2D eigenvalue weighted by atomic mass is 15.2. The zero-order chi connectivity index (χ0) is 8.67. The molecule has 3 nitrogen and oxygen atoms in total. The normalized spacial score (nSPS) is 11.1. The summed E-state index contributed by atoms with van der Waals surface area (Å²) in [6.45, 7) is 0. The standard InChI is InChI=1S/C10H7N3/c1-2-4-9-8(3-1)5-6-10-12-11-7-13(9)10/h1-7H/p+1. The highest BCUT2D eigenvalue weighted by molar-refractivity contribution is 5.76. The first-order chi connectivity index (χ1) is 6.45. The third-order valence-electron chi connectivity index (χ3n) is 2.23. The molecule has 0 atom stereocenters. The molecule has 3 heteroatoms. The number of rotatable bonds is 0. The number of para-hydroxylation sites is 1. The third-order valence-corrected chi connectivity index (χ3v) is 2.23. The van der Waals surface area contributed by atoms with Crippen molar-refractivity contribution >= 4 is 16.6 Å². The topological polar surface area (TPSA) is 32.8 Å². The highest BCUT2D eigenvalue weighted by Crippen LogP contribution is 2.09. The molecular weight excluding hydrogens is 162 g/mol. The van der Waals surface area contributed by atoms with Gasteiger partial charge in [0.2, 0.25) is 0 Å². The van der Waals surface area contributed by atoms with Crippen molar-refractivity contribution in [3.63, 3.8) is 0 Å². The molecule has 3 rings (SSSR count). The number of aromatic nitrogens is 3. The number of fused-ring (bicyclic) bond motifs is 3. The van der Waals surface area contributed by atoms with E-state index in [-0.39, 0.29) is 0 Å². The van der Waals surface area contributed by atoms with E-state index in [0.29, 0.717) is 0 Å². The highest BCUT2D eigenvalue weighted by Gasteiger charge is 2.04. The van der Waals surface area contributed by atoms with Crippen LogP contribution in [0.5, 0.6) is 0 Å². The molecule has 2 heterocycles. The lowest BCUT2D eigenvalue weighted by Crippen LogP contribution is -2.19. The molecule has 0 unspecified atom stereocenters. The lowest BCUT2D eigenvalue weighted by atomic mass is 10.2. The molecule has 0 fully saturated rings. The molecule has 0 aliphatic carbocycles. The van der Waals surface area contributed by atoms with E-state index in [0.717, 1.165) is 5.65 Å². The molecule has 0 radical (unpaired) electrons. The summed E-state index contributed by atoms with van der Waals surface area (Å²) in [6.07, 6.45) is 1.79. The van der Waals surface area contributed by atoms with Crippen LogP contribution < -0.4 is 4.40 Å². The summed E-state index contributed by atoms with van der Waals surface area (Å²) in [7, 11) is 0. The predicted octanol–water partition coefficient (Wildman–Crippen LogP) is 1.30. The van der Waals surface area contributed by atoms with Crippen LogP contribution in [-0.4, -0.2) is 10.2 Å². The fourth-order valence-electron chi connectivity index (χ4n) is 1.59. The maximum Gasteiger partial charge on any atom is 0.270 e. The van der Waals surface area contributed by atoms with Gasteiger partial charge in [0.25, 0.3) is 12.0 Å². The van der Waals surface area contributed by atoms with Crippen molar-refractivity contribution in [3.8, 4) is 0 Å². The number of hydrogen-bond donors (Lipinski definition) is 1. The molecule has 2 aromatic heterocycles. The SMILES string of the molecule is c1ccc2c(c1)ccc1[nH]nc[n+]12. The third kappa shape index (κ3) is 0.839. The number of aromatic amines is 1. The van der Waals surface area contributed by atoms with Crippen molar-refractivity contribution in [2.75, 3.05) is 0 Å². The first kappa shape index (κ1) is 6.60. The van der Waals surface area contributed by atoms with Crippen molar-refractivity contribution in [1.82, 2.24) is 10.2 Å². The monoisotopic (exact) mass is 170 g/mol. The van der Waals surface area contributed by atoms with Gasteiger partial charge in [-0.15, -0.1) is 5.10 Å². The van der Waals surface area contributed by atoms with Crippen LogP contribution in [0, 0.1) is 0 Å². The van der Waals surface area contributed by atoms with E-state index in [2.05, 4.69) is 28.4 Å². The van der Waals surface area contributed by atoms with Gasteiger partial charge in [0.1, 0.15) is 5.52 Å². The molecule has 0 bridgehead atoms. The van der Waals surface area contributed by atoms with Crippen LogP contribution in [0.25, 0.3) is 16.6 Å². The fraction of sp³-hybridized carbons (Fsp3) is 0. The van der Waals surface area contributed by atoms with E-state index in [9.17, 15) is 0 Å². The number of nitrogens with one attached hydrogen (secondary N) is 1. The Morgan fingerprint density at radius 3 is 3.00 bits per heavy atom. The number of H-pyrrole nitrogens is 1. The largest absolute Gasteiger partial charge is 0.270 e. The van der Waals surface area contributed by atoms with Crippen LogP contribution in [0.3, 0.4) is 0 Å². The smallest absolute Gasteiger partial charge is 0.197 e. The zero-order valence-corrected chi connectivity index (χ0v) is 6.94. The Kier molecular flexibility index (Phi) is 1.16. The summed E-state index contributed by atoms with van der Waals surface area (Å²) < 4.78 is 2.04. The van der Waals surface area contributed by atoms with Gasteiger partial charge in [-0.3, -0.25) is 0 Å². The molecule has 3 aromatic rings. The summed E-state index contributed by atoms with van der Waals surface area (Å²) in [6, 6.07) is 12.3. The van der Waals surface area contributed by atoms with Gasteiger partial charge < -0.3 is 0 Å². The molecule has 0 spiro atoms. The zero-order valence-electron chi connectivity index (χ0n) is 6.94. The Morgan fingerprint density at radius 1 is 1.08 bits per heavy atom. The van der Waals surface area contributed by atoms with E-state index in [1.807, 2.05) is 22.6 Å². The molecular formula is C10H8N3+. The average Bonchev–Trinajstić information content (AvgIpc) is 2.65. The van der Waals surface area contributed by atoms with Gasteiger partial charge in [-0.25, -0.2) is 0 Å². The van der Waals surface area contributed by atoms with Crippen LogP contribution in [0.4, 0.5) is 0 Å². The second-order valence-corrected chi connectivity index (χ2v) is 3.00. The molecule has 62 valence electrons. The molecule has 0 amide bonds. The minimum Gasteiger partial charge on any atom is -0.197 e. The molecule has 13 heavy (non-hydrogen) atoms. The lowest BCUT2D eigenvalue weighted by Gasteiger charge is -1.94. The molecule has 0 aliphatic rings. The van der Waals surface area contributed by atoms with E-state index in [4.69, 9.17) is 0 Å². The number of nitrogens with zero attached hydrogens (tertiary/aromatic N) is 2. The van der Waals surface area contributed by atoms with Gasteiger partial charge in [-0.05, 0) is 12.1 Å². The number of pyridine rings is 1. The maximum absolute atomic E-state index is 3.99. The van der Waals surface area contributed by atoms with Gasteiger partial charge in [0.15, 0.2) is 0 Å². The summed E-state index contributed by atoms with van der Waals surface area (Å²) in [4.78, 5) is 0. The van der Waals surface area contributed by atoms with Crippen LogP contribution in [-0.2, 0) is 0 Å². The second-order valence-electron chi connectivity index (χ2n) is 3.00. The first-order valence-electron chi connectivity index (χ1n) is 4.18. The average molecular weight is 170 g/mol. The molecule has 1 aromatic carbocycles. The summed E-state index contributed by atoms with van der Waals surface area (Å²) in [5, 5.41) is 8.14. The van der Waals surface area contributed by atoms with Crippen molar-refractivity contribution in [2.24, 2.45) is 0 Å². The Balaban J connectivity index is 2.65. The summed E-state index contributed by atoms with van der Waals surface area (Å²) in [5.41, 5.74) is 2.19. The number of hydrogen-bond acceptors (Lipinski definition) is 1. The molecule has 0 saturated carbocycles. The van der Waals surface area contributed by atoms with Gasteiger partial charge >= 0.3 is 0 Å².